The van der Waals surface area contributed by atoms with Gasteiger partial charge in [-0.3, -0.25) is 19.0 Å². The molecule has 3 aromatic rings. The van der Waals surface area contributed by atoms with Crippen molar-refractivity contribution in [3.05, 3.63) is 72.1 Å². The topological polar surface area (TPSA) is 92.5 Å². The molecule has 7 heteroatoms. The van der Waals surface area contributed by atoms with Crippen LogP contribution in [0.5, 0.6) is 0 Å². The second-order valence-electron chi connectivity index (χ2n) is 7.66. The van der Waals surface area contributed by atoms with E-state index in [1.165, 1.54) is 4.90 Å². The Balaban J connectivity index is 1.77. The van der Waals surface area contributed by atoms with Crippen molar-refractivity contribution in [3.8, 4) is 17.1 Å². The van der Waals surface area contributed by atoms with E-state index in [1.807, 2.05) is 30.3 Å². The third-order valence-electron chi connectivity index (χ3n) is 5.60. The van der Waals surface area contributed by atoms with Crippen LogP contribution < -0.4 is 0 Å². The molecule has 0 unspecified atom stereocenters. The number of rotatable bonds is 7. The van der Waals surface area contributed by atoms with Crippen LogP contribution in [0.1, 0.15) is 46.5 Å². The summed E-state index contributed by atoms with van der Waals surface area (Å²) in [5.74, 6) is -0.841. The summed E-state index contributed by atoms with van der Waals surface area (Å²) in [6.45, 7) is -0.342. The maximum absolute atomic E-state index is 13.3. The minimum absolute atomic E-state index is 0.0826. The molecule has 1 amide bonds. The number of imidazole rings is 1. The zero-order chi connectivity index (χ0) is 21.8. The van der Waals surface area contributed by atoms with Crippen molar-refractivity contribution in [3.63, 3.8) is 0 Å². The van der Waals surface area contributed by atoms with Crippen LogP contribution in [-0.2, 0) is 4.79 Å². The van der Waals surface area contributed by atoms with Gasteiger partial charge in [0.2, 0.25) is 0 Å². The Kier molecular flexibility index (Phi) is 5.93. The molecule has 0 bridgehead atoms. The molecular weight excluding hydrogens is 394 g/mol. The van der Waals surface area contributed by atoms with Gasteiger partial charge in [0.05, 0.1) is 0 Å². The van der Waals surface area contributed by atoms with Gasteiger partial charge in [-0.15, -0.1) is 0 Å². The smallest absolute Gasteiger partial charge is 0.323 e. The number of aliphatic carboxylic acids is 1. The molecule has 7 nitrogen and oxygen atoms in total. The van der Waals surface area contributed by atoms with E-state index in [2.05, 4.69) is 4.98 Å². The van der Waals surface area contributed by atoms with E-state index in [0.29, 0.717) is 11.4 Å². The summed E-state index contributed by atoms with van der Waals surface area (Å²) in [6.07, 6.45) is 6.00. The van der Waals surface area contributed by atoms with Gasteiger partial charge >= 0.3 is 5.97 Å². The van der Waals surface area contributed by atoms with Gasteiger partial charge < -0.3 is 10.0 Å². The number of nitrogens with zero attached hydrogens (tertiary/aromatic N) is 3. The van der Waals surface area contributed by atoms with Crippen molar-refractivity contribution < 1.29 is 19.5 Å². The summed E-state index contributed by atoms with van der Waals surface area (Å²) in [7, 11) is 0. The fourth-order valence-electron chi connectivity index (χ4n) is 4.06. The summed E-state index contributed by atoms with van der Waals surface area (Å²) in [5, 5.41) is 9.36. The molecule has 1 saturated carbocycles. The number of carboxylic acids is 1. The predicted molar refractivity (Wildman–Crippen MR) is 115 cm³/mol. The third-order valence-corrected chi connectivity index (χ3v) is 5.60. The van der Waals surface area contributed by atoms with Crippen LogP contribution in [0, 0.1) is 0 Å². The highest BCUT2D eigenvalue weighted by atomic mass is 16.4. The zero-order valence-corrected chi connectivity index (χ0v) is 17.0. The lowest BCUT2D eigenvalue weighted by atomic mass is 10.2. The zero-order valence-electron chi connectivity index (χ0n) is 17.0. The molecule has 158 valence electrons. The molecule has 1 heterocycles. The van der Waals surface area contributed by atoms with E-state index in [0.717, 1.165) is 43.2 Å². The van der Waals surface area contributed by atoms with Crippen LogP contribution in [0.25, 0.3) is 17.1 Å². The SMILES string of the molecule is O=Cc1ccc(-n2cc(C(=O)N(CC(=O)O)C3CCCC3)nc2-c2ccccc2)cc1. The molecule has 2 aromatic carbocycles. The molecule has 31 heavy (non-hydrogen) atoms. The lowest BCUT2D eigenvalue weighted by molar-refractivity contribution is -0.138. The third kappa shape index (κ3) is 4.40. The molecule has 1 aliphatic rings. The number of hydrogen-bond donors (Lipinski definition) is 1. The molecule has 1 N–H and O–H groups in total. The number of amides is 1. The second-order valence-corrected chi connectivity index (χ2v) is 7.66. The molecule has 0 spiro atoms. The summed E-state index contributed by atoms with van der Waals surface area (Å²) in [4.78, 5) is 41.8. The molecule has 0 aliphatic heterocycles. The standard InChI is InChI=1S/C24H23N3O4/c28-16-17-10-12-20(13-11-17)26-14-21(25-23(26)18-6-2-1-3-7-18)24(31)27(15-22(29)30)19-8-4-5-9-19/h1-3,6-7,10-14,16,19H,4-5,8-9,15H2,(H,29,30). The number of carbonyl (C=O) groups excluding carboxylic acids is 2. The highest BCUT2D eigenvalue weighted by Crippen LogP contribution is 2.27. The van der Waals surface area contributed by atoms with E-state index in [9.17, 15) is 19.5 Å². The van der Waals surface area contributed by atoms with Crippen molar-refractivity contribution in [2.75, 3.05) is 6.54 Å². The van der Waals surface area contributed by atoms with Gasteiger partial charge in [0.1, 0.15) is 24.3 Å². The predicted octanol–water partition coefficient (Wildman–Crippen LogP) is 3.82. The van der Waals surface area contributed by atoms with E-state index < -0.39 is 5.97 Å². The number of carboxylic acid groups (broad SMARTS) is 1. The lowest BCUT2D eigenvalue weighted by Gasteiger charge is -2.26. The van der Waals surface area contributed by atoms with Gasteiger partial charge in [0.25, 0.3) is 5.91 Å². The largest absolute Gasteiger partial charge is 0.480 e. The summed E-state index contributed by atoms with van der Waals surface area (Å²) < 4.78 is 1.80. The summed E-state index contributed by atoms with van der Waals surface area (Å²) >= 11 is 0. The van der Waals surface area contributed by atoms with Gasteiger partial charge in [-0.2, -0.15) is 0 Å². The summed E-state index contributed by atoms with van der Waals surface area (Å²) in [5.41, 5.74) is 2.33. The van der Waals surface area contributed by atoms with Crippen molar-refractivity contribution in [1.82, 2.24) is 14.5 Å². The Bertz CT molecular complexity index is 1080. The van der Waals surface area contributed by atoms with Crippen LogP contribution in [0.3, 0.4) is 0 Å². The molecule has 1 aromatic heterocycles. The van der Waals surface area contributed by atoms with Gasteiger partial charge in [-0.25, -0.2) is 4.98 Å². The van der Waals surface area contributed by atoms with Crippen molar-refractivity contribution in [1.29, 1.82) is 0 Å². The number of aldehydes is 1. The van der Waals surface area contributed by atoms with Crippen LogP contribution in [0.4, 0.5) is 0 Å². The first-order chi connectivity index (χ1) is 15.1. The van der Waals surface area contributed by atoms with Crippen molar-refractivity contribution in [2.24, 2.45) is 0 Å². The average molecular weight is 417 g/mol. The normalized spacial score (nSPS) is 13.8. The highest BCUT2D eigenvalue weighted by molar-refractivity contribution is 5.95. The average Bonchev–Trinajstić information content (AvgIpc) is 3.48. The van der Waals surface area contributed by atoms with Gasteiger partial charge in [-0.1, -0.05) is 43.2 Å². The molecule has 4 rings (SSSR count). The molecular formula is C24H23N3O4. The molecule has 0 radical (unpaired) electrons. The monoisotopic (exact) mass is 417 g/mol. The van der Waals surface area contributed by atoms with E-state index in [1.54, 1.807) is 35.0 Å². The Morgan fingerprint density at radius 1 is 1.06 bits per heavy atom. The first-order valence-electron chi connectivity index (χ1n) is 10.3. The second kappa shape index (κ2) is 8.95. The Hall–Kier alpha value is -3.74. The number of carbonyl (C=O) groups is 3. The maximum atomic E-state index is 13.3. The first-order valence-corrected chi connectivity index (χ1v) is 10.3. The minimum atomic E-state index is -1.03. The van der Waals surface area contributed by atoms with E-state index >= 15 is 0 Å². The number of benzene rings is 2. The fourth-order valence-corrected chi connectivity index (χ4v) is 4.06. The molecule has 0 saturated heterocycles. The van der Waals surface area contributed by atoms with Gasteiger partial charge in [-0.05, 0) is 37.1 Å². The quantitative estimate of drug-likeness (QED) is 0.590. The summed E-state index contributed by atoms with van der Waals surface area (Å²) in [6, 6.07) is 16.4. The van der Waals surface area contributed by atoms with Gasteiger partial charge in [0.15, 0.2) is 0 Å². The Morgan fingerprint density at radius 2 is 1.74 bits per heavy atom. The lowest BCUT2D eigenvalue weighted by Crippen LogP contribution is -2.42. The van der Waals surface area contributed by atoms with Crippen molar-refractivity contribution >= 4 is 18.2 Å². The van der Waals surface area contributed by atoms with E-state index in [4.69, 9.17) is 0 Å². The molecule has 1 fully saturated rings. The van der Waals surface area contributed by atoms with Crippen LogP contribution in [-0.4, -0.2) is 50.3 Å². The first kappa shape index (κ1) is 20.5. The fraction of sp³-hybridized carbons (Fsp3) is 0.250. The van der Waals surface area contributed by atoms with E-state index in [-0.39, 0.29) is 24.2 Å². The number of aromatic nitrogens is 2. The van der Waals surface area contributed by atoms with Crippen LogP contribution in [0.15, 0.2) is 60.8 Å². The highest BCUT2D eigenvalue weighted by Gasteiger charge is 2.31. The van der Waals surface area contributed by atoms with Crippen LogP contribution in [0.2, 0.25) is 0 Å². The molecule has 0 atom stereocenters. The minimum Gasteiger partial charge on any atom is -0.480 e. The van der Waals surface area contributed by atoms with Crippen LogP contribution >= 0.6 is 0 Å². The molecule has 1 aliphatic carbocycles. The van der Waals surface area contributed by atoms with Gasteiger partial charge in [0, 0.05) is 29.1 Å². The number of hydrogen-bond acceptors (Lipinski definition) is 4. The maximum Gasteiger partial charge on any atom is 0.323 e. The Morgan fingerprint density at radius 3 is 2.35 bits per heavy atom. The van der Waals surface area contributed by atoms with Crippen molar-refractivity contribution in [2.45, 2.75) is 31.7 Å². The Labute approximate surface area is 180 Å².